The number of benzene rings is 1. The van der Waals surface area contributed by atoms with E-state index in [4.69, 9.17) is 9.15 Å². The third-order valence-corrected chi connectivity index (χ3v) is 4.02. The molecular weight excluding hydrogens is 324 g/mol. The van der Waals surface area contributed by atoms with Crippen molar-refractivity contribution in [1.82, 2.24) is 5.32 Å². The largest absolute Gasteiger partial charge is 0.492 e. The number of amides is 1. The maximum absolute atomic E-state index is 12.0. The van der Waals surface area contributed by atoms with Crippen LogP contribution in [0.1, 0.15) is 12.7 Å². The zero-order chi connectivity index (χ0) is 16.8. The molecule has 1 aromatic heterocycles. The molecule has 0 spiro atoms. The molecule has 2 aromatic rings. The number of ether oxygens (including phenoxy) is 1. The van der Waals surface area contributed by atoms with Crippen molar-refractivity contribution in [2.45, 2.75) is 6.92 Å². The van der Waals surface area contributed by atoms with Crippen LogP contribution in [0.3, 0.4) is 0 Å². The number of aliphatic imine (C=N–C) groups is 1. The van der Waals surface area contributed by atoms with Gasteiger partial charge in [0.1, 0.15) is 17.2 Å². The van der Waals surface area contributed by atoms with Crippen LogP contribution in [0.2, 0.25) is 0 Å². The Kier molecular flexibility index (Phi) is 5.18. The van der Waals surface area contributed by atoms with Crippen molar-refractivity contribution in [3.05, 3.63) is 65.5 Å². The van der Waals surface area contributed by atoms with Gasteiger partial charge in [-0.25, -0.2) is 4.99 Å². The minimum Gasteiger partial charge on any atom is -0.492 e. The van der Waals surface area contributed by atoms with Gasteiger partial charge in [-0.3, -0.25) is 4.79 Å². The van der Waals surface area contributed by atoms with E-state index in [0.29, 0.717) is 28.1 Å². The molecule has 1 aromatic carbocycles. The van der Waals surface area contributed by atoms with Gasteiger partial charge in [-0.15, -0.1) is 0 Å². The average molecular weight is 340 g/mol. The summed E-state index contributed by atoms with van der Waals surface area (Å²) in [5.41, 5.74) is 0.689. The first-order valence-corrected chi connectivity index (χ1v) is 8.29. The number of carbonyl (C=O) groups is 1. The number of hydrogen-bond donors (Lipinski definition) is 1. The Bertz CT molecular complexity index is 807. The van der Waals surface area contributed by atoms with Crippen molar-refractivity contribution in [2.75, 3.05) is 6.61 Å². The third-order valence-electron chi connectivity index (χ3n) is 3.09. The Hall–Kier alpha value is -2.73. The summed E-state index contributed by atoms with van der Waals surface area (Å²) >= 11 is 1.29. The van der Waals surface area contributed by atoms with Gasteiger partial charge in [0.2, 0.25) is 0 Å². The molecule has 3 rings (SSSR count). The highest BCUT2D eigenvalue weighted by Crippen LogP contribution is 2.31. The topological polar surface area (TPSA) is 63.8 Å². The number of nitrogens with zero attached hydrogens (tertiary/aromatic N) is 1. The summed E-state index contributed by atoms with van der Waals surface area (Å²) in [4.78, 5) is 17.1. The minimum absolute atomic E-state index is 0.170. The van der Waals surface area contributed by atoms with Crippen LogP contribution >= 0.6 is 11.8 Å². The Balaban J connectivity index is 1.75. The lowest BCUT2D eigenvalue weighted by molar-refractivity contribution is -0.115. The minimum atomic E-state index is -0.170. The second-order valence-corrected chi connectivity index (χ2v) is 5.81. The van der Waals surface area contributed by atoms with E-state index in [1.165, 1.54) is 11.8 Å². The molecule has 0 saturated carbocycles. The molecule has 5 nitrogen and oxygen atoms in total. The number of rotatable bonds is 5. The van der Waals surface area contributed by atoms with E-state index in [0.717, 1.165) is 5.76 Å². The number of amidine groups is 1. The highest BCUT2D eigenvalue weighted by molar-refractivity contribution is 8.18. The Morgan fingerprint density at radius 3 is 2.96 bits per heavy atom. The number of hydrogen-bond acceptors (Lipinski definition) is 5. The third kappa shape index (κ3) is 3.97. The maximum atomic E-state index is 12.0. The molecule has 1 N–H and O–H groups in total. The lowest BCUT2D eigenvalue weighted by atomic mass is 10.3. The summed E-state index contributed by atoms with van der Waals surface area (Å²) in [7, 11) is 0. The molecule has 1 saturated heterocycles. The van der Waals surface area contributed by atoms with Gasteiger partial charge < -0.3 is 14.5 Å². The summed E-state index contributed by atoms with van der Waals surface area (Å²) in [6, 6.07) is 11.1. The summed E-state index contributed by atoms with van der Waals surface area (Å²) < 4.78 is 10.7. The predicted octanol–water partition coefficient (Wildman–Crippen LogP) is 4.13. The lowest BCUT2D eigenvalue weighted by Crippen LogP contribution is -2.19. The van der Waals surface area contributed by atoms with E-state index < -0.39 is 0 Å². The van der Waals surface area contributed by atoms with Crippen LogP contribution in [-0.4, -0.2) is 17.7 Å². The van der Waals surface area contributed by atoms with Gasteiger partial charge in [0.25, 0.3) is 5.91 Å². The zero-order valence-electron chi connectivity index (χ0n) is 13.1. The van der Waals surface area contributed by atoms with Crippen LogP contribution in [0.15, 0.2) is 69.1 Å². The van der Waals surface area contributed by atoms with Crippen molar-refractivity contribution in [1.29, 1.82) is 0 Å². The second kappa shape index (κ2) is 7.70. The van der Waals surface area contributed by atoms with Gasteiger partial charge in [0.15, 0.2) is 5.17 Å². The van der Waals surface area contributed by atoms with Gasteiger partial charge in [-0.2, -0.15) is 0 Å². The Labute approximate surface area is 144 Å². The lowest BCUT2D eigenvalue weighted by Gasteiger charge is -2.06. The van der Waals surface area contributed by atoms with E-state index in [1.54, 1.807) is 24.5 Å². The second-order valence-electron chi connectivity index (χ2n) is 4.78. The normalized spacial score (nSPS) is 17.8. The molecule has 0 aliphatic carbocycles. The van der Waals surface area contributed by atoms with Gasteiger partial charge in [0, 0.05) is 0 Å². The number of allylic oxidation sites excluding steroid dienone is 2. The quantitative estimate of drug-likeness (QED) is 0.832. The fraction of sp³-hybridized carbons (Fsp3) is 0.111. The number of para-hydroxylation sites is 2. The van der Waals surface area contributed by atoms with Crippen LogP contribution in [0.4, 0.5) is 5.69 Å². The molecule has 1 aliphatic heterocycles. The molecule has 0 bridgehead atoms. The van der Waals surface area contributed by atoms with Crippen LogP contribution in [-0.2, 0) is 4.79 Å². The van der Waals surface area contributed by atoms with Gasteiger partial charge in [-0.1, -0.05) is 18.2 Å². The smallest absolute Gasteiger partial charge is 0.264 e. The summed E-state index contributed by atoms with van der Waals surface area (Å²) in [6.45, 7) is 2.48. The summed E-state index contributed by atoms with van der Waals surface area (Å²) in [5, 5.41) is 3.29. The molecular formula is C18H16N2O3S. The summed E-state index contributed by atoms with van der Waals surface area (Å²) in [6.07, 6.45) is 6.90. The molecule has 6 heteroatoms. The van der Waals surface area contributed by atoms with Crippen LogP contribution in [0.25, 0.3) is 6.08 Å². The fourth-order valence-corrected chi connectivity index (χ4v) is 2.83. The SMILES string of the molecule is CCOc1ccccc1N=C1NC(=O)/C(=C/C=C/c2ccco2)S1. The molecule has 0 radical (unpaired) electrons. The first-order valence-electron chi connectivity index (χ1n) is 7.48. The molecule has 1 amide bonds. The van der Waals surface area contributed by atoms with E-state index in [-0.39, 0.29) is 5.91 Å². The highest BCUT2D eigenvalue weighted by atomic mass is 32.2. The van der Waals surface area contributed by atoms with Gasteiger partial charge in [-0.05, 0) is 55.1 Å². The molecule has 2 heterocycles. The molecule has 0 atom stereocenters. The molecule has 122 valence electrons. The zero-order valence-corrected chi connectivity index (χ0v) is 13.9. The van der Waals surface area contributed by atoms with E-state index >= 15 is 0 Å². The Morgan fingerprint density at radius 2 is 2.17 bits per heavy atom. The van der Waals surface area contributed by atoms with Crippen molar-refractivity contribution in [3.63, 3.8) is 0 Å². The average Bonchev–Trinajstić information content (AvgIpc) is 3.20. The Morgan fingerprint density at radius 1 is 1.29 bits per heavy atom. The predicted molar refractivity (Wildman–Crippen MR) is 96.3 cm³/mol. The van der Waals surface area contributed by atoms with Crippen LogP contribution in [0, 0.1) is 0 Å². The molecule has 1 fully saturated rings. The number of nitrogens with one attached hydrogen (secondary N) is 1. The molecule has 0 unspecified atom stereocenters. The molecule has 24 heavy (non-hydrogen) atoms. The van der Waals surface area contributed by atoms with Crippen LogP contribution in [0.5, 0.6) is 5.75 Å². The number of thioether (sulfide) groups is 1. The van der Waals surface area contributed by atoms with E-state index in [2.05, 4.69) is 10.3 Å². The maximum Gasteiger partial charge on any atom is 0.264 e. The van der Waals surface area contributed by atoms with Crippen molar-refractivity contribution in [3.8, 4) is 5.75 Å². The summed E-state index contributed by atoms with van der Waals surface area (Å²) in [5.74, 6) is 1.25. The van der Waals surface area contributed by atoms with Gasteiger partial charge in [0.05, 0.1) is 17.8 Å². The first kappa shape index (κ1) is 16.1. The van der Waals surface area contributed by atoms with Crippen LogP contribution < -0.4 is 10.1 Å². The number of furan rings is 1. The van der Waals surface area contributed by atoms with Crippen molar-refractivity contribution >= 4 is 34.6 Å². The first-order chi connectivity index (χ1) is 11.8. The number of carbonyl (C=O) groups excluding carboxylic acids is 1. The molecule has 1 aliphatic rings. The van der Waals surface area contributed by atoms with Gasteiger partial charge >= 0.3 is 0 Å². The highest BCUT2D eigenvalue weighted by Gasteiger charge is 2.23. The van der Waals surface area contributed by atoms with E-state index in [9.17, 15) is 4.79 Å². The van der Waals surface area contributed by atoms with E-state index in [1.807, 2.05) is 43.3 Å². The van der Waals surface area contributed by atoms with Crippen molar-refractivity contribution in [2.24, 2.45) is 4.99 Å². The standard InChI is InChI=1S/C18H16N2O3S/c1-2-22-15-10-4-3-9-14(15)19-18-20-17(21)16(24-18)11-5-7-13-8-6-12-23-13/h3-12H,2H2,1H3,(H,19,20,21)/b7-5+,16-11-. The monoisotopic (exact) mass is 340 g/mol. The van der Waals surface area contributed by atoms with Crippen molar-refractivity contribution < 1.29 is 13.9 Å². The fourth-order valence-electron chi connectivity index (χ4n) is 2.05.